The maximum absolute atomic E-state index is 10.7. The van der Waals surface area contributed by atoms with Gasteiger partial charge in [0.15, 0.2) is 0 Å². The van der Waals surface area contributed by atoms with Crippen LogP contribution in [-0.2, 0) is 13.0 Å². The predicted molar refractivity (Wildman–Crippen MR) is 76.2 cm³/mol. The van der Waals surface area contributed by atoms with E-state index in [1.54, 1.807) is 0 Å². The highest BCUT2D eigenvalue weighted by Crippen LogP contribution is 2.25. The number of aryl methyl sites for hydroxylation is 1. The molecular weight excluding hydrogens is 238 g/mol. The van der Waals surface area contributed by atoms with Crippen molar-refractivity contribution in [2.75, 3.05) is 13.1 Å². The number of nitrogens with zero attached hydrogens (tertiary/aromatic N) is 2. The van der Waals surface area contributed by atoms with E-state index in [1.807, 2.05) is 18.2 Å². The standard InChI is InChI=1S/C15H21N3O/c1-2-14-17-12-5-3-4-6-13(12)18(14)11-15(19)7-9-16-10-8-15/h3-6,16,19H,2,7-11H2,1H3. The SMILES string of the molecule is CCc1nc2ccccc2n1CC1(O)CCNCC1. The van der Waals surface area contributed by atoms with Crippen LogP contribution >= 0.6 is 0 Å². The molecule has 1 aromatic heterocycles. The van der Waals surface area contributed by atoms with Crippen molar-refractivity contribution in [3.8, 4) is 0 Å². The number of fused-ring (bicyclic) bond motifs is 1. The second-order valence-electron chi connectivity index (χ2n) is 5.43. The fraction of sp³-hybridized carbons (Fsp3) is 0.533. The number of benzene rings is 1. The van der Waals surface area contributed by atoms with Crippen LogP contribution in [0.25, 0.3) is 11.0 Å². The first-order chi connectivity index (χ1) is 9.22. The highest BCUT2D eigenvalue weighted by molar-refractivity contribution is 5.75. The average molecular weight is 259 g/mol. The van der Waals surface area contributed by atoms with Gasteiger partial charge in [0, 0.05) is 6.42 Å². The molecule has 0 aliphatic carbocycles. The summed E-state index contributed by atoms with van der Waals surface area (Å²) in [6, 6.07) is 8.17. The predicted octanol–water partition coefficient (Wildman–Crippen LogP) is 1.71. The first-order valence-corrected chi connectivity index (χ1v) is 7.09. The van der Waals surface area contributed by atoms with Crippen LogP contribution in [0.2, 0.25) is 0 Å². The van der Waals surface area contributed by atoms with Crippen molar-refractivity contribution in [3.63, 3.8) is 0 Å². The van der Waals surface area contributed by atoms with Gasteiger partial charge in [0.1, 0.15) is 5.82 Å². The molecule has 0 radical (unpaired) electrons. The number of aromatic nitrogens is 2. The Morgan fingerprint density at radius 1 is 1.32 bits per heavy atom. The van der Waals surface area contributed by atoms with Gasteiger partial charge in [-0.1, -0.05) is 19.1 Å². The quantitative estimate of drug-likeness (QED) is 0.882. The minimum Gasteiger partial charge on any atom is -0.388 e. The smallest absolute Gasteiger partial charge is 0.109 e. The molecule has 3 rings (SSSR count). The highest BCUT2D eigenvalue weighted by Gasteiger charge is 2.30. The molecule has 0 spiro atoms. The summed E-state index contributed by atoms with van der Waals surface area (Å²) < 4.78 is 2.20. The molecule has 0 amide bonds. The lowest BCUT2D eigenvalue weighted by Gasteiger charge is -2.33. The molecule has 19 heavy (non-hydrogen) atoms. The lowest BCUT2D eigenvalue weighted by molar-refractivity contribution is -0.00503. The Hall–Kier alpha value is -1.39. The number of rotatable bonds is 3. The largest absolute Gasteiger partial charge is 0.388 e. The molecule has 4 heteroatoms. The molecule has 1 aliphatic heterocycles. The Morgan fingerprint density at radius 2 is 2.05 bits per heavy atom. The van der Waals surface area contributed by atoms with Crippen molar-refractivity contribution in [2.45, 2.75) is 38.3 Å². The number of hydrogen-bond acceptors (Lipinski definition) is 3. The monoisotopic (exact) mass is 259 g/mol. The molecule has 0 atom stereocenters. The molecule has 102 valence electrons. The van der Waals surface area contributed by atoms with E-state index in [0.717, 1.165) is 49.2 Å². The molecule has 2 aromatic rings. The average Bonchev–Trinajstić information content (AvgIpc) is 2.77. The van der Waals surface area contributed by atoms with Crippen molar-refractivity contribution >= 4 is 11.0 Å². The van der Waals surface area contributed by atoms with Gasteiger partial charge >= 0.3 is 0 Å². The first kappa shape index (κ1) is 12.6. The lowest BCUT2D eigenvalue weighted by Crippen LogP contribution is -2.45. The van der Waals surface area contributed by atoms with Crippen LogP contribution in [0.15, 0.2) is 24.3 Å². The van der Waals surface area contributed by atoms with Gasteiger partial charge in [-0.2, -0.15) is 0 Å². The van der Waals surface area contributed by atoms with Crippen molar-refractivity contribution in [3.05, 3.63) is 30.1 Å². The summed E-state index contributed by atoms with van der Waals surface area (Å²) in [6.07, 6.45) is 2.51. The summed E-state index contributed by atoms with van der Waals surface area (Å²) in [5.74, 6) is 1.06. The van der Waals surface area contributed by atoms with E-state index in [1.165, 1.54) is 0 Å². The summed E-state index contributed by atoms with van der Waals surface area (Å²) in [5.41, 5.74) is 1.56. The van der Waals surface area contributed by atoms with E-state index in [2.05, 4.69) is 27.9 Å². The van der Waals surface area contributed by atoms with Crippen LogP contribution in [0.3, 0.4) is 0 Å². The number of piperidine rings is 1. The molecule has 0 saturated carbocycles. The molecule has 0 unspecified atom stereocenters. The summed E-state index contributed by atoms with van der Waals surface area (Å²) in [6.45, 7) is 4.55. The van der Waals surface area contributed by atoms with Crippen LogP contribution in [0.5, 0.6) is 0 Å². The summed E-state index contributed by atoms with van der Waals surface area (Å²) in [7, 11) is 0. The molecule has 2 heterocycles. The van der Waals surface area contributed by atoms with Crippen molar-refractivity contribution in [2.24, 2.45) is 0 Å². The van der Waals surface area contributed by atoms with E-state index in [9.17, 15) is 5.11 Å². The van der Waals surface area contributed by atoms with Crippen molar-refractivity contribution in [1.82, 2.24) is 14.9 Å². The van der Waals surface area contributed by atoms with Gasteiger partial charge in [-0.05, 0) is 38.1 Å². The minimum absolute atomic E-state index is 0.599. The summed E-state index contributed by atoms with van der Waals surface area (Å²) in [5, 5.41) is 14.0. The Kier molecular flexibility index (Phi) is 3.29. The Labute approximate surface area is 113 Å². The van der Waals surface area contributed by atoms with Gasteiger partial charge in [0.05, 0.1) is 23.2 Å². The topological polar surface area (TPSA) is 50.1 Å². The van der Waals surface area contributed by atoms with Crippen molar-refractivity contribution < 1.29 is 5.11 Å². The molecule has 2 N–H and O–H groups in total. The fourth-order valence-electron chi connectivity index (χ4n) is 2.92. The van der Waals surface area contributed by atoms with Gasteiger partial charge in [-0.15, -0.1) is 0 Å². The number of imidazole rings is 1. The molecule has 1 aliphatic rings. The van der Waals surface area contributed by atoms with Crippen LogP contribution in [-0.4, -0.2) is 33.3 Å². The normalized spacial score (nSPS) is 18.8. The first-order valence-electron chi connectivity index (χ1n) is 7.09. The van der Waals surface area contributed by atoms with Crippen LogP contribution < -0.4 is 5.32 Å². The van der Waals surface area contributed by atoms with Crippen molar-refractivity contribution in [1.29, 1.82) is 0 Å². The lowest BCUT2D eigenvalue weighted by atomic mass is 9.92. The number of aliphatic hydroxyl groups is 1. The highest BCUT2D eigenvalue weighted by atomic mass is 16.3. The molecular formula is C15H21N3O. The maximum atomic E-state index is 10.7. The van der Waals surface area contributed by atoms with Gasteiger partial charge in [-0.25, -0.2) is 4.98 Å². The molecule has 1 aromatic carbocycles. The van der Waals surface area contributed by atoms with Gasteiger partial charge in [-0.3, -0.25) is 0 Å². The molecule has 1 saturated heterocycles. The van der Waals surface area contributed by atoms with Crippen LogP contribution in [0.4, 0.5) is 0 Å². The van der Waals surface area contributed by atoms with Gasteiger partial charge in [0.2, 0.25) is 0 Å². The summed E-state index contributed by atoms with van der Waals surface area (Å²) >= 11 is 0. The maximum Gasteiger partial charge on any atom is 0.109 e. The zero-order valence-corrected chi connectivity index (χ0v) is 11.4. The Bertz CT molecular complexity index is 570. The van der Waals surface area contributed by atoms with Gasteiger partial charge in [0.25, 0.3) is 0 Å². The number of nitrogens with one attached hydrogen (secondary N) is 1. The third-order valence-corrected chi connectivity index (χ3v) is 4.04. The Balaban J connectivity index is 1.99. The Morgan fingerprint density at radius 3 is 2.79 bits per heavy atom. The number of hydrogen-bond donors (Lipinski definition) is 2. The fourth-order valence-corrected chi connectivity index (χ4v) is 2.92. The molecule has 4 nitrogen and oxygen atoms in total. The van der Waals surface area contributed by atoms with E-state index < -0.39 is 5.60 Å². The minimum atomic E-state index is -0.599. The van der Waals surface area contributed by atoms with E-state index in [-0.39, 0.29) is 0 Å². The zero-order valence-electron chi connectivity index (χ0n) is 11.4. The molecule has 1 fully saturated rings. The van der Waals surface area contributed by atoms with Crippen LogP contribution in [0.1, 0.15) is 25.6 Å². The molecule has 0 bridgehead atoms. The van der Waals surface area contributed by atoms with E-state index in [0.29, 0.717) is 6.54 Å². The second-order valence-corrected chi connectivity index (χ2v) is 5.43. The zero-order chi connectivity index (χ0) is 13.3. The number of para-hydroxylation sites is 2. The third kappa shape index (κ3) is 2.38. The second kappa shape index (κ2) is 4.94. The van der Waals surface area contributed by atoms with E-state index >= 15 is 0 Å². The third-order valence-electron chi connectivity index (χ3n) is 4.04. The summed E-state index contributed by atoms with van der Waals surface area (Å²) in [4.78, 5) is 4.66. The van der Waals surface area contributed by atoms with Crippen LogP contribution in [0, 0.1) is 0 Å². The van der Waals surface area contributed by atoms with Gasteiger partial charge < -0.3 is 15.0 Å². The van der Waals surface area contributed by atoms with E-state index in [4.69, 9.17) is 0 Å².